The molecule has 2 atom stereocenters. The average Bonchev–Trinajstić information content (AvgIpc) is 2.83. The van der Waals surface area contributed by atoms with Gasteiger partial charge in [0.25, 0.3) is 0 Å². The van der Waals surface area contributed by atoms with E-state index in [1.54, 1.807) is 0 Å². The molecule has 0 aliphatic carbocycles. The minimum Gasteiger partial charge on any atom is -0.494 e. The van der Waals surface area contributed by atoms with Crippen LogP contribution in [0.4, 0.5) is 0 Å². The van der Waals surface area contributed by atoms with Gasteiger partial charge in [0.2, 0.25) is 0 Å². The standard InChI is InChI=1S/C27H48NO6P/c1-4-5-6-7-8-9-10-11-12-13-14-19-31-26-17-15-16-25(21-26)22-27(34-24(2)29)23-33-35(30)32-20-18-28-3/h15-17,21,27-28,30H,4-14,18-20,22-23H2,1-3H3/p+1. The molecule has 0 heterocycles. The average molecular weight is 515 g/mol. The van der Waals surface area contributed by atoms with Gasteiger partial charge in [-0.05, 0) is 24.1 Å². The number of nitrogens with two attached hydrogens (primary N) is 1. The summed E-state index contributed by atoms with van der Waals surface area (Å²) < 4.78 is 21.9. The number of benzene rings is 1. The molecule has 0 aromatic heterocycles. The number of hydrogen-bond acceptors (Lipinski definition) is 6. The van der Waals surface area contributed by atoms with Gasteiger partial charge in [-0.15, -0.1) is 0 Å². The van der Waals surface area contributed by atoms with Gasteiger partial charge in [0.1, 0.15) is 18.5 Å². The van der Waals surface area contributed by atoms with Crippen LogP contribution in [0.2, 0.25) is 0 Å². The van der Waals surface area contributed by atoms with Crippen LogP contribution in [0.3, 0.4) is 0 Å². The normalized spacial score (nSPS) is 12.9. The maximum atomic E-state index is 11.5. The Hall–Kier alpha value is -1.24. The molecule has 0 spiro atoms. The van der Waals surface area contributed by atoms with E-state index in [0.717, 1.165) is 24.3 Å². The zero-order chi connectivity index (χ0) is 25.6. The van der Waals surface area contributed by atoms with Crippen molar-refractivity contribution in [1.82, 2.24) is 0 Å². The van der Waals surface area contributed by atoms with Gasteiger partial charge in [-0.1, -0.05) is 83.3 Å². The van der Waals surface area contributed by atoms with Crippen molar-refractivity contribution in [2.75, 3.05) is 33.4 Å². The molecular weight excluding hydrogens is 465 g/mol. The predicted molar refractivity (Wildman–Crippen MR) is 141 cm³/mol. The molecule has 202 valence electrons. The summed E-state index contributed by atoms with van der Waals surface area (Å²) in [5.41, 5.74) is 0.986. The first kappa shape index (κ1) is 31.8. The lowest BCUT2D eigenvalue weighted by Gasteiger charge is -2.19. The third-order valence-electron chi connectivity index (χ3n) is 5.69. The molecule has 3 N–H and O–H groups in total. The maximum Gasteiger partial charge on any atom is 0.330 e. The summed E-state index contributed by atoms with van der Waals surface area (Å²) in [6.07, 6.45) is 14.4. The van der Waals surface area contributed by atoms with Gasteiger partial charge in [0.05, 0.1) is 26.8 Å². The second kappa shape index (κ2) is 22.0. The van der Waals surface area contributed by atoms with Gasteiger partial charge in [0.15, 0.2) is 0 Å². The second-order valence-corrected chi connectivity index (χ2v) is 10.0. The van der Waals surface area contributed by atoms with Crippen LogP contribution in [0.1, 0.15) is 90.0 Å². The number of quaternary nitrogens is 1. The van der Waals surface area contributed by atoms with E-state index < -0.39 is 14.7 Å². The summed E-state index contributed by atoms with van der Waals surface area (Å²) in [5.74, 6) is 0.437. The zero-order valence-electron chi connectivity index (χ0n) is 22.2. The van der Waals surface area contributed by atoms with E-state index in [2.05, 4.69) is 6.92 Å². The zero-order valence-corrected chi connectivity index (χ0v) is 23.1. The van der Waals surface area contributed by atoms with Gasteiger partial charge >= 0.3 is 14.6 Å². The molecule has 0 fully saturated rings. The first-order valence-electron chi connectivity index (χ1n) is 13.5. The van der Waals surface area contributed by atoms with Crippen molar-refractivity contribution in [1.29, 1.82) is 0 Å². The summed E-state index contributed by atoms with van der Waals surface area (Å²) in [5, 5.41) is 1.96. The highest BCUT2D eigenvalue weighted by Crippen LogP contribution is 2.32. The second-order valence-electron chi connectivity index (χ2n) is 9.03. The van der Waals surface area contributed by atoms with Gasteiger partial charge in [-0.25, -0.2) is 0 Å². The van der Waals surface area contributed by atoms with Gasteiger partial charge < -0.3 is 28.7 Å². The van der Waals surface area contributed by atoms with E-state index >= 15 is 0 Å². The minimum atomic E-state index is -1.99. The van der Waals surface area contributed by atoms with Crippen molar-refractivity contribution in [2.24, 2.45) is 0 Å². The molecule has 1 aromatic rings. The van der Waals surface area contributed by atoms with Crippen LogP contribution >= 0.6 is 8.60 Å². The monoisotopic (exact) mass is 514 g/mol. The molecule has 35 heavy (non-hydrogen) atoms. The van der Waals surface area contributed by atoms with Crippen molar-refractivity contribution in [3.05, 3.63) is 29.8 Å². The smallest absolute Gasteiger partial charge is 0.330 e. The molecule has 1 rings (SSSR count). The fourth-order valence-electron chi connectivity index (χ4n) is 3.78. The fraction of sp³-hybridized carbons (Fsp3) is 0.741. The predicted octanol–water partition coefficient (Wildman–Crippen LogP) is 5.30. The number of hydrogen-bond donors (Lipinski definition) is 2. The third-order valence-corrected chi connectivity index (χ3v) is 6.46. The van der Waals surface area contributed by atoms with Crippen molar-refractivity contribution in [3.63, 3.8) is 0 Å². The van der Waals surface area contributed by atoms with Crippen LogP contribution in [0.25, 0.3) is 0 Å². The number of likely N-dealkylation sites (N-methyl/N-ethyl adjacent to an activating group) is 1. The van der Waals surface area contributed by atoms with Gasteiger partial charge in [-0.2, -0.15) is 0 Å². The lowest BCUT2D eigenvalue weighted by Crippen LogP contribution is -2.80. The summed E-state index contributed by atoms with van der Waals surface area (Å²) in [7, 11) is -0.0602. The fourth-order valence-corrected chi connectivity index (χ4v) is 4.41. The number of esters is 1. The van der Waals surface area contributed by atoms with Crippen molar-refractivity contribution < 1.29 is 33.5 Å². The Morgan fingerprint density at radius 1 is 0.971 bits per heavy atom. The summed E-state index contributed by atoms with van der Waals surface area (Å²) in [4.78, 5) is 21.4. The number of ether oxygens (including phenoxy) is 2. The highest BCUT2D eigenvalue weighted by molar-refractivity contribution is 7.40. The van der Waals surface area contributed by atoms with Crippen LogP contribution in [0.15, 0.2) is 24.3 Å². The minimum absolute atomic E-state index is 0.0709. The topological polar surface area (TPSA) is 90.8 Å². The van der Waals surface area contributed by atoms with Crippen molar-refractivity contribution in [2.45, 2.75) is 97.0 Å². The van der Waals surface area contributed by atoms with E-state index in [1.165, 1.54) is 71.1 Å². The van der Waals surface area contributed by atoms with Crippen molar-refractivity contribution in [3.8, 4) is 5.75 Å². The van der Waals surface area contributed by atoms with E-state index in [0.29, 0.717) is 19.6 Å². The van der Waals surface area contributed by atoms with Crippen LogP contribution in [-0.2, 0) is 25.0 Å². The lowest BCUT2D eigenvalue weighted by molar-refractivity contribution is -0.627. The Morgan fingerprint density at radius 3 is 2.26 bits per heavy atom. The SMILES string of the molecule is CCCCCCCCCCCCCOc1cccc(CC(COP(O)OCC[NH2+]C)OC(C)=O)c1. The molecule has 7 nitrogen and oxygen atoms in total. The highest BCUT2D eigenvalue weighted by Gasteiger charge is 2.17. The summed E-state index contributed by atoms with van der Waals surface area (Å²) >= 11 is 0. The molecule has 0 bridgehead atoms. The van der Waals surface area contributed by atoms with Crippen LogP contribution < -0.4 is 10.1 Å². The van der Waals surface area contributed by atoms with E-state index in [1.807, 2.05) is 36.6 Å². The number of carbonyl (C=O) groups excluding carboxylic acids is 1. The molecule has 0 saturated carbocycles. The van der Waals surface area contributed by atoms with Crippen molar-refractivity contribution >= 4 is 14.6 Å². The first-order chi connectivity index (χ1) is 17.0. The Morgan fingerprint density at radius 2 is 1.63 bits per heavy atom. The summed E-state index contributed by atoms with van der Waals surface area (Å²) in [6.45, 7) is 5.55. The Labute approximate surface area is 214 Å². The molecule has 0 aliphatic rings. The largest absolute Gasteiger partial charge is 0.494 e. The molecule has 0 saturated heterocycles. The number of unbranched alkanes of at least 4 members (excludes halogenated alkanes) is 10. The lowest BCUT2D eigenvalue weighted by atomic mass is 10.1. The Balaban J connectivity index is 2.27. The van der Waals surface area contributed by atoms with Crippen LogP contribution in [-0.4, -0.2) is 50.4 Å². The van der Waals surface area contributed by atoms with Gasteiger partial charge in [0, 0.05) is 13.3 Å². The Bertz CT molecular complexity index is 648. The molecular formula is C27H49NO6P+. The number of carbonyl (C=O) groups is 1. The van der Waals surface area contributed by atoms with Crippen LogP contribution in [0, 0.1) is 0 Å². The molecule has 0 aliphatic heterocycles. The van der Waals surface area contributed by atoms with E-state index in [-0.39, 0.29) is 12.6 Å². The highest BCUT2D eigenvalue weighted by atomic mass is 31.2. The molecule has 0 amide bonds. The van der Waals surface area contributed by atoms with Crippen LogP contribution in [0.5, 0.6) is 5.75 Å². The summed E-state index contributed by atoms with van der Waals surface area (Å²) in [6, 6.07) is 7.84. The maximum absolute atomic E-state index is 11.5. The molecule has 1 aromatic carbocycles. The first-order valence-corrected chi connectivity index (χ1v) is 14.6. The van der Waals surface area contributed by atoms with E-state index in [9.17, 15) is 9.69 Å². The molecule has 0 radical (unpaired) electrons. The quantitative estimate of drug-likeness (QED) is 0.117. The molecule has 8 heteroatoms. The Kier molecular flexibility index (Phi) is 20.0. The molecule has 2 unspecified atom stereocenters. The number of rotatable bonds is 23. The third kappa shape index (κ3) is 18.7. The van der Waals surface area contributed by atoms with Gasteiger partial charge in [-0.3, -0.25) is 4.79 Å². The van der Waals surface area contributed by atoms with E-state index in [4.69, 9.17) is 18.5 Å².